The van der Waals surface area contributed by atoms with Gasteiger partial charge in [-0.2, -0.15) is 13.2 Å². The molecule has 0 radical (unpaired) electrons. The first kappa shape index (κ1) is 19.7. The molecule has 11 heteroatoms. The fourth-order valence-electron chi connectivity index (χ4n) is 3.67. The molecule has 0 spiro atoms. The zero-order valence-corrected chi connectivity index (χ0v) is 14.8. The average molecular weight is 392 g/mol. The summed E-state index contributed by atoms with van der Waals surface area (Å²) in [5, 5.41) is 2.96. The smallest absolute Gasteiger partial charge is 0.381 e. The zero-order valence-electron chi connectivity index (χ0n) is 14.8. The maximum absolute atomic E-state index is 12.5. The van der Waals surface area contributed by atoms with Crippen molar-refractivity contribution < 1.29 is 32.3 Å². The first-order chi connectivity index (χ1) is 12.7. The van der Waals surface area contributed by atoms with Crippen molar-refractivity contribution in [3.05, 3.63) is 0 Å². The third-order valence-corrected chi connectivity index (χ3v) is 5.16. The van der Waals surface area contributed by atoms with E-state index in [1.807, 2.05) is 0 Å². The lowest BCUT2D eigenvalue weighted by Gasteiger charge is -2.37. The van der Waals surface area contributed by atoms with Gasteiger partial charge in [-0.1, -0.05) is 0 Å². The maximum Gasteiger partial charge on any atom is 0.406 e. The molecule has 0 bridgehead atoms. The Balaban J connectivity index is 1.49. The van der Waals surface area contributed by atoms with Gasteiger partial charge in [0.25, 0.3) is 5.91 Å². The largest absolute Gasteiger partial charge is 0.406 e. The molecule has 27 heavy (non-hydrogen) atoms. The molecular formula is C16H23F3N4O4. The number of urea groups is 2. The van der Waals surface area contributed by atoms with Crippen LogP contribution >= 0.6 is 0 Å². The van der Waals surface area contributed by atoms with Gasteiger partial charge in [0.15, 0.2) is 0 Å². The van der Waals surface area contributed by atoms with Crippen LogP contribution < -0.4 is 5.32 Å². The number of rotatable bonds is 3. The second kappa shape index (κ2) is 7.91. The van der Waals surface area contributed by atoms with Crippen LogP contribution in [0.4, 0.5) is 22.8 Å². The molecule has 0 unspecified atom stereocenters. The van der Waals surface area contributed by atoms with E-state index in [-0.39, 0.29) is 29.6 Å². The third kappa shape index (κ3) is 4.82. The summed E-state index contributed by atoms with van der Waals surface area (Å²) in [4.78, 5) is 39.4. The van der Waals surface area contributed by atoms with Gasteiger partial charge in [0.2, 0.25) is 0 Å². The van der Waals surface area contributed by atoms with Crippen molar-refractivity contribution >= 4 is 18.0 Å². The number of nitrogens with zero attached hydrogens (tertiary/aromatic N) is 3. The number of alkyl halides is 3. The Bertz CT molecular complexity index is 587. The number of halogens is 3. The molecule has 3 aliphatic rings. The van der Waals surface area contributed by atoms with E-state index in [1.165, 1.54) is 4.90 Å². The fraction of sp³-hybridized carbons (Fsp3) is 0.812. The minimum atomic E-state index is -4.62. The number of likely N-dealkylation sites (tertiary alicyclic amines) is 1. The van der Waals surface area contributed by atoms with Crippen molar-refractivity contribution in [2.45, 2.75) is 43.9 Å². The van der Waals surface area contributed by atoms with Gasteiger partial charge in [0, 0.05) is 38.4 Å². The lowest BCUT2D eigenvalue weighted by molar-refractivity contribution is -0.151. The van der Waals surface area contributed by atoms with Gasteiger partial charge < -0.3 is 19.9 Å². The lowest BCUT2D eigenvalue weighted by atomic mass is 10.0. The van der Waals surface area contributed by atoms with Crippen LogP contribution in [0.3, 0.4) is 0 Å². The third-order valence-electron chi connectivity index (χ3n) is 5.16. The predicted molar refractivity (Wildman–Crippen MR) is 86.8 cm³/mol. The number of carbonyl (C=O) groups is 3. The number of carbonyl (C=O) groups excluding carboxylic acids is 3. The molecule has 0 aromatic heterocycles. The average Bonchev–Trinajstić information content (AvgIpc) is 2.89. The molecule has 152 valence electrons. The van der Waals surface area contributed by atoms with Crippen LogP contribution in [0.25, 0.3) is 0 Å². The highest BCUT2D eigenvalue weighted by molar-refractivity contribution is 6.02. The van der Waals surface area contributed by atoms with Crippen molar-refractivity contribution in [3.63, 3.8) is 0 Å². The molecule has 0 saturated carbocycles. The molecule has 3 rings (SSSR count). The molecule has 8 nitrogen and oxygen atoms in total. The van der Waals surface area contributed by atoms with Gasteiger partial charge in [-0.3, -0.25) is 9.69 Å². The molecule has 0 aromatic rings. The number of nitrogens with one attached hydrogen (secondary N) is 1. The van der Waals surface area contributed by atoms with Crippen LogP contribution in [0.5, 0.6) is 0 Å². The molecule has 1 N–H and O–H groups in total. The number of hydrogen-bond donors (Lipinski definition) is 1. The van der Waals surface area contributed by atoms with Gasteiger partial charge in [0.05, 0.1) is 0 Å². The van der Waals surface area contributed by atoms with E-state index in [4.69, 9.17) is 4.74 Å². The standard InChI is InChI=1S/C16H23F3N4O4/c17-16(18,19)10-23-13(24)9-22(15(23)26)12-1-5-21(6-2-12)14(25)20-11-3-7-27-8-4-11/h11-12H,1-10H2,(H,20,25). The Labute approximate surface area is 154 Å². The number of hydrogen-bond acceptors (Lipinski definition) is 4. The fourth-order valence-corrected chi connectivity index (χ4v) is 3.67. The van der Waals surface area contributed by atoms with Crippen molar-refractivity contribution in [2.24, 2.45) is 0 Å². The van der Waals surface area contributed by atoms with E-state index in [0.29, 0.717) is 39.1 Å². The van der Waals surface area contributed by atoms with Crippen LogP contribution in [-0.4, -0.2) is 90.3 Å². The molecule has 3 saturated heterocycles. The zero-order chi connectivity index (χ0) is 19.6. The highest BCUT2D eigenvalue weighted by Crippen LogP contribution is 2.25. The molecule has 5 amide bonds. The van der Waals surface area contributed by atoms with Crippen molar-refractivity contribution in [3.8, 4) is 0 Å². The van der Waals surface area contributed by atoms with E-state index in [9.17, 15) is 27.6 Å². The predicted octanol–water partition coefficient (Wildman–Crippen LogP) is 1.17. The second-order valence-electron chi connectivity index (χ2n) is 7.06. The van der Waals surface area contributed by atoms with Crippen molar-refractivity contribution in [1.82, 2.24) is 20.0 Å². The minimum Gasteiger partial charge on any atom is -0.381 e. The normalized spacial score (nSPS) is 23.3. The molecule has 0 aliphatic carbocycles. The summed E-state index contributed by atoms with van der Waals surface area (Å²) in [6.07, 6.45) is -2.23. The van der Waals surface area contributed by atoms with E-state index < -0.39 is 24.7 Å². The van der Waals surface area contributed by atoms with Crippen LogP contribution in [0.1, 0.15) is 25.7 Å². The SMILES string of the molecule is O=C(NC1CCOCC1)N1CCC(N2CC(=O)N(CC(F)(F)F)C2=O)CC1. The van der Waals surface area contributed by atoms with Gasteiger partial charge in [-0.05, 0) is 25.7 Å². The van der Waals surface area contributed by atoms with Crippen molar-refractivity contribution in [1.29, 1.82) is 0 Å². The van der Waals surface area contributed by atoms with E-state index in [0.717, 1.165) is 12.8 Å². The molecule has 0 atom stereocenters. The van der Waals surface area contributed by atoms with Gasteiger partial charge in [0.1, 0.15) is 13.1 Å². The number of ether oxygens (including phenoxy) is 1. The first-order valence-corrected chi connectivity index (χ1v) is 9.05. The monoisotopic (exact) mass is 392 g/mol. The van der Waals surface area contributed by atoms with Crippen molar-refractivity contribution in [2.75, 3.05) is 39.4 Å². The highest BCUT2D eigenvalue weighted by atomic mass is 19.4. The number of imide groups is 1. The molecule has 0 aromatic carbocycles. The lowest BCUT2D eigenvalue weighted by Crippen LogP contribution is -2.52. The Morgan fingerprint density at radius 3 is 2.33 bits per heavy atom. The summed E-state index contributed by atoms with van der Waals surface area (Å²) in [7, 11) is 0. The molecule has 3 fully saturated rings. The maximum atomic E-state index is 12.5. The van der Waals surface area contributed by atoms with Crippen LogP contribution in [0.2, 0.25) is 0 Å². The second-order valence-corrected chi connectivity index (χ2v) is 7.06. The van der Waals surface area contributed by atoms with Gasteiger partial charge in [-0.15, -0.1) is 0 Å². The number of amides is 5. The van der Waals surface area contributed by atoms with E-state index in [2.05, 4.69) is 5.32 Å². The van der Waals surface area contributed by atoms with Gasteiger partial charge in [-0.25, -0.2) is 9.59 Å². The summed E-state index contributed by atoms with van der Waals surface area (Å²) in [6.45, 7) is 0.106. The van der Waals surface area contributed by atoms with Gasteiger partial charge >= 0.3 is 18.2 Å². The number of piperidine rings is 1. The van der Waals surface area contributed by atoms with Crippen LogP contribution in [0, 0.1) is 0 Å². The summed E-state index contributed by atoms with van der Waals surface area (Å²) < 4.78 is 42.8. The Kier molecular flexibility index (Phi) is 5.78. The summed E-state index contributed by atoms with van der Waals surface area (Å²) in [5.74, 6) is -0.836. The summed E-state index contributed by atoms with van der Waals surface area (Å²) in [5.41, 5.74) is 0. The van der Waals surface area contributed by atoms with E-state index in [1.54, 1.807) is 4.90 Å². The van der Waals surface area contributed by atoms with Crippen LogP contribution in [-0.2, 0) is 9.53 Å². The molecule has 3 aliphatic heterocycles. The van der Waals surface area contributed by atoms with Crippen LogP contribution in [0.15, 0.2) is 0 Å². The topological polar surface area (TPSA) is 82.2 Å². The van der Waals surface area contributed by atoms with E-state index >= 15 is 0 Å². The Hall–Kier alpha value is -2.04. The highest BCUT2D eigenvalue weighted by Gasteiger charge is 2.45. The quantitative estimate of drug-likeness (QED) is 0.731. The summed E-state index contributed by atoms with van der Waals surface area (Å²) >= 11 is 0. The molecular weight excluding hydrogens is 369 g/mol. The molecule has 3 heterocycles. The summed E-state index contributed by atoms with van der Waals surface area (Å²) in [6, 6.07) is -1.34. The first-order valence-electron chi connectivity index (χ1n) is 9.05. The Morgan fingerprint density at radius 1 is 1.11 bits per heavy atom. The minimum absolute atomic E-state index is 0.0812. The Morgan fingerprint density at radius 2 is 1.74 bits per heavy atom.